The molecule has 0 radical (unpaired) electrons. The minimum Gasteiger partial charge on any atom is -0.455 e. The van der Waals surface area contributed by atoms with Crippen LogP contribution in [0.3, 0.4) is 0 Å². The average molecular weight is 387 g/mol. The number of benzene rings is 4. The Morgan fingerprint density at radius 3 is 2.30 bits per heavy atom. The van der Waals surface area contributed by atoms with Crippen molar-refractivity contribution >= 4 is 43.5 Å². The van der Waals surface area contributed by atoms with Gasteiger partial charge in [0, 0.05) is 27.9 Å². The largest absolute Gasteiger partial charge is 0.455 e. The van der Waals surface area contributed by atoms with Crippen molar-refractivity contribution in [2.45, 2.75) is 20.8 Å². The third kappa shape index (κ3) is 2.34. The number of hydrogen-bond acceptors (Lipinski definition) is 2. The van der Waals surface area contributed by atoms with Gasteiger partial charge in [0.25, 0.3) is 0 Å². The first-order chi connectivity index (χ1) is 14.6. The van der Waals surface area contributed by atoms with E-state index in [1.165, 1.54) is 43.6 Å². The van der Waals surface area contributed by atoms with E-state index in [-0.39, 0.29) is 0 Å². The van der Waals surface area contributed by atoms with E-state index in [2.05, 4.69) is 87.5 Å². The maximum absolute atomic E-state index is 6.67. The van der Waals surface area contributed by atoms with Gasteiger partial charge in [0.05, 0.1) is 5.69 Å². The number of furan rings is 1. The summed E-state index contributed by atoms with van der Waals surface area (Å²) in [7, 11) is 0. The Kier molecular flexibility index (Phi) is 3.54. The van der Waals surface area contributed by atoms with Gasteiger partial charge in [-0.25, -0.2) is 0 Å². The molecule has 0 bridgehead atoms. The third-order valence-corrected chi connectivity index (χ3v) is 6.35. The van der Waals surface area contributed by atoms with Crippen molar-refractivity contribution in [1.82, 2.24) is 4.98 Å². The summed E-state index contributed by atoms with van der Waals surface area (Å²) in [5.74, 6) is 0. The van der Waals surface area contributed by atoms with Gasteiger partial charge >= 0.3 is 0 Å². The fourth-order valence-corrected chi connectivity index (χ4v) is 4.56. The Bertz CT molecular complexity index is 1620. The van der Waals surface area contributed by atoms with Crippen LogP contribution in [0.4, 0.5) is 0 Å². The van der Waals surface area contributed by atoms with E-state index in [1.807, 2.05) is 6.20 Å². The average Bonchev–Trinajstić information content (AvgIpc) is 3.16. The molecule has 2 nitrogen and oxygen atoms in total. The van der Waals surface area contributed by atoms with Crippen LogP contribution in [0.5, 0.6) is 0 Å². The molecule has 0 saturated heterocycles. The fourth-order valence-electron chi connectivity index (χ4n) is 4.56. The van der Waals surface area contributed by atoms with E-state index >= 15 is 0 Å². The van der Waals surface area contributed by atoms with Gasteiger partial charge < -0.3 is 4.42 Å². The highest BCUT2D eigenvalue weighted by Crippen LogP contribution is 2.41. The van der Waals surface area contributed by atoms with Gasteiger partial charge in [-0.15, -0.1) is 0 Å². The molecule has 2 aromatic heterocycles. The first kappa shape index (κ1) is 17.2. The molecule has 0 aliphatic rings. The van der Waals surface area contributed by atoms with E-state index in [9.17, 15) is 0 Å². The first-order valence-corrected chi connectivity index (χ1v) is 10.3. The maximum atomic E-state index is 6.67. The smallest absolute Gasteiger partial charge is 0.145 e. The predicted molar refractivity (Wildman–Crippen MR) is 126 cm³/mol. The minimum absolute atomic E-state index is 0.918. The summed E-state index contributed by atoms with van der Waals surface area (Å²) >= 11 is 0. The van der Waals surface area contributed by atoms with Crippen molar-refractivity contribution in [2.24, 2.45) is 0 Å². The van der Waals surface area contributed by atoms with Gasteiger partial charge in [-0.05, 0) is 71.8 Å². The Morgan fingerprint density at radius 2 is 1.43 bits per heavy atom. The van der Waals surface area contributed by atoms with Gasteiger partial charge in [-0.1, -0.05) is 48.5 Å². The van der Waals surface area contributed by atoms with Crippen LogP contribution in [0.15, 0.2) is 77.3 Å². The molecule has 144 valence electrons. The lowest BCUT2D eigenvalue weighted by Crippen LogP contribution is -1.89. The molecule has 30 heavy (non-hydrogen) atoms. The van der Waals surface area contributed by atoms with E-state index in [0.29, 0.717) is 0 Å². The van der Waals surface area contributed by atoms with Crippen LogP contribution in [0.1, 0.15) is 16.7 Å². The first-order valence-electron chi connectivity index (χ1n) is 10.3. The van der Waals surface area contributed by atoms with Crippen LogP contribution in [-0.2, 0) is 0 Å². The van der Waals surface area contributed by atoms with Gasteiger partial charge in [0.15, 0.2) is 0 Å². The van der Waals surface area contributed by atoms with Crippen LogP contribution >= 0.6 is 0 Å². The molecule has 2 heteroatoms. The molecule has 0 amide bonds. The van der Waals surface area contributed by atoms with Crippen molar-refractivity contribution in [3.8, 4) is 11.3 Å². The topological polar surface area (TPSA) is 26.0 Å². The van der Waals surface area contributed by atoms with Crippen LogP contribution in [0, 0.1) is 20.8 Å². The highest BCUT2D eigenvalue weighted by molar-refractivity contribution is 6.24. The van der Waals surface area contributed by atoms with Crippen LogP contribution in [-0.4, -0.2) is 4.98 Å². The molecule has 0 N–H and O–H groups in total. The second-order valence-electron chi connectivity index (χ2n) is 8.22. The number of nitrogens with zero attached hydrogens (tertiary/aromatic N) is 1. The van der Waals surface area contributed by atoms with E-state index in [0.717, 1.165) is 27.8 Å². The maximum Gasteiger partial charge on any atom is 0.145 e. The molecule has 6 aromatic rings. The quantitative estimate of drug-likeness (QED) is 0.268. The van der Waals surface area contributed by atoms with Crippen LogP contribution in [0.25, 0.3) is 54.7 Å². The molecule has 0 spiro atoms. The molecular formula is C28H21NO. The molecule has 0 fully saturated rings. The molecule has 2 heterocycles. The Balaban J connectivity index is 1.80. The summed E-state index contributed by atoms with van der Waals surface area (Å²) in [6.45, 7) is 6.38. The van der Waals surface area contributed by atoms with E-state index in [4.69, 9.17) is 9.40 Å². The monoisotopic (exact) mass is 387 g/mol. The Hall–Kier alpha value is -3.65. The third-order valence-electron chi connectivity index (χ3n) is 6.35. The van der Waals surface area contributed by atoms with Gasteiger partial charge in [-0.3, -0.25) is 4.98 Å². The van der Waals surface area contributed by atoms with Crippen molar-refractivity contribution in [2.75, 3.05) is 0 Å². The molecule has 6 rings (SSSR count). The van der Waals surface area contributed by atoms with Crippen molar-refractivity contribution in [1.29, 1.82) is 0 Å². The van der Waals surface area contributed by atoms with Crippen LogP contribution < -0.4 is 0 Å². The zero-order valence-electron chi connectivity index (χ0n) is 17.3. The molecule has 0 unspecified atom stereocenters. The summed E-state index contributed by atoms with van der Waals surface area (Å²) in [6.07, 6.45) is 1.95. The summed E-state index contributed by atoms with van der Waals surface area (Å²) < 4.78 is 6.67. The molecule has 0 atom stereocenters. The normalized spacial score (nSPS) is 11.8. The van der Waals surface area contributed by atoms with Crippen LogP contribution in [0.2, 0.25) is 0 Å². The molecule has 0 saturated carbocycles. The SMILES string of the molecule is Cc1cnc(-c2ccc(C)c3c2oc2c3ccc3ccc4ccccc4c32)cc1C. The van der Waals surface area contributed by atoms with E-state index in [1.54, 1.807) is 0 Å². The number of fused-ring (bicyclic) bond motifs is 7. The number of pyridine rings is 1. The van der Waals surface area contributed by atoms with Gasteiger partial charge in [0.2, 0.25) is 0 Å². The summed E-state index contributed by atoms with van der Waals surface area (Å²) in [5, 5.41) is 7.17. The highest BCUT2D eigenvalue weighted by Gasteiger charge is 2.18. The molecule has 0 aliphatic heterocycles. The van der Waals surface area contributed by atoms with E-state index < -0.39 is 0 Å². The lowest BCUT2D eigenvalue weighted by molar-refractivity contribution is 0.673. The Labute approximate surface area is 174 Å². The summed E-state index contributed by atoms with van der Waals surface area (Å²) in [5.41, 5.74) is 7.53. The molecule has 0 aliphatic carbocycles. The second-order valence-corrected chi connectivity index (χ2v) is 8.22. The summed E-state index contributed by atoms with van der Waals surface area (Å²) in [4.78, 5) is 4.71. The second kappa shape index (κ2) is 6.17. The lowest BCUT2D eigenvalue weighted by Gasteiger charge is -2.06. The predicted octanol–water partition coefficient (Wildman–Crippen LogP) is 7.88. The standard InChI is InChI=1S/C28H21NO/c1-16-8-12-22(24-14-17(2)18(3)15-29-24)27-25(16)23-13-11-20-10-9-19-6-4-5-7-21(19)26(20)28(23)30-27/h4-15H,1-3H3. The fraction of sp³-hybridized carbons (Fsp3) is 0.107. The molecule has 4 aromatic carbocycles. The molecular weight excluding hydrogens is 366 g/mol. The highest BCUT2D eigenvalue weighted by atomic mass is 16.3. The van der Waals surface area contributed by atoms with Gasteiger partial charge in [0.1, 0.15) is 11.2 Å². The number of aryl methyl sites for hydroxylation is 3. The number of aromatic nitrogens is 1. The summed E-state index contributed by atoms with van der Waals surface area (Å²) in [6, 6.07) is 23.8. The number of rotatable bonds is 1. The van der Waals surface area contributed by atoms with Gasteiger partial charge in [-0.2, -0.15) is 0 Å². The minimum atomic E-state index is 0.918. The van der Waals surface area contributed by atoms with Crippen molar-refractivity contribution in [3.05, 3.63) is 89.6 Å². The zero-order valence-corrected chi connectivity index (χ0v) is 17.3. The zero-order chi connectivity index (χ0) is 20.4. The Morgan fingerprint density at radius 1 is 0.633 bits per heavy atom. The van der Waals surface area contributed by atoms with Crippen molar-refractivity contribution in [3.63, 3.8) is 0 Å². The van der Waals surface area contributed by atoms with Crippen molar-refractivity contribution < 1.29 is 4.42 Å². The lowest BCUT2D eigenvalue weighted by atomic mass is 9.97. The number of hydrogen-bond donors (Lipinski definition) is 0.